The molecule has 172 valence electrons. The van der Waals surface area contributed by atoms with E-state index in [1.54, 1.807) is 12.1 Å². The fourth-order valence-corrected chi connectivity index (χ4v) is 4.93. The maximum atomic E-state index is 12.3. The number of rotatable bonds is 6. The molecule has 3 heterocycles. The highest BCUT2D eigenvalue weighted by Gasteiger charge is 2.26. The summed E-state index contributed by atoms with van der Waals surface area (Å²) in [6.45, 7) is 6.25. The second-order valence-corrected chi connectivity index (χ2v) is 11.0. The Balaban J connectivity index is 1.41. The number of likely N-dealkylation sites (tertiary alicyclic amines) is 1. The van der Waals surface area contributed by atoms with Gasteiger partial charge in [-0.15, -0.1) is 0 Å². The van der Waals surface area contributed by atoms with Crippen LogP contribution in [0.25, 0.3) is 0 Å². The van der Waals surface area contributed by atoms with Gasteiger partial charge in [0.15, 0.2) is 9.84 Å². The van der Waals surface area contributed by atoms with Gasteiger partial charge in [0.2, 0.25) is 11.8 Å². The number of nitrogens with zero attached hydrogens (tertiary/aromatic N) is 4. The first kappa shape index (κ1) is 22.5. The smallest absolute Gasteiger partial charge is 0.222 e. The van der Waals surface area contributed by atoms with Crippen molar-refractivity contribution in [2.75, 3.05) is 30.8 Å². The van der Waals surface area contributed by atoms with E-state index in [9.17, 15) is 13.2 Å². The normalized spacial score (nSPS) is 17.0. The molecule has 2 aliphatic heterocycles. The van der Waals surface area contributed by atoms with E-state index in [0.717, 1.165) is 42.9 Å². The molecule has 4 rings (SSSR count). The van der Waals surface area contributed by atoms with Crippen LogP contribution in [0.5, 0.6) is 5.88 Å². The van der Waals surface area contributed by atoms with Crippen LogP contribution in [0.1, 0.15) is 38.7 Å². The number of carbonyl (C=O) groups is 1. The van der Waals surface area contributed by atoms with E-state index < -0.39 is 9.84 Å². The van der Waals surface area contributed by atoms with Crippen molar-refractivity contribution in [3.8, 4) is 5.88 Å². The summed E-state index contributed by atoms with van der Waals surface area (Å²) in [5.74, 6) is 1.83. The van der Waals surface area contributed by atoms with Crippen LogP contribution in [0.15, 0.2) is 35.5 Å². The number of sulfone groups is 1. The number of benzene rings is 1. The Morgan fingerprint density at radius 2 is 1.91 bits per heavy atom. The molecule has 0 bridgehead atoms. The van der Waals surface area contributed by atoms with E-state index in [1.807, 2.05) is 17.0 Å². The molecule has 1 saturated heterocycles. The van der Waals surface area contributed by atoms with Crippen molar-refractivity contribution in [1.82, 2.24) is 14.9 Å². The highest BCUT2D eigenvalue weighted by Crippen LogP contribution is 2.35. The molecule has 32 heavy (non-hydrogen) atoms. The summed E-state index contributed by atoms with van der Waals surface area (Å²) in [7, 11) is -3.23. The molecular formula is C23H30N4O4S. The van der Waals surface area contributed by atoms with E-state index in [1.165, 1.54) is 12.6 Å². The quantitative estimate of drug-likeness (QED) is 0.657. The lowest BCUT2D eigenvalue weighted by Crippen LogP contribution is -2.42. The summed E-state index contributed by atoms with van der Waals surface area (Å²) in [4.78, 5) is 25.3. The van der Waals surface area contributed by atoms with Crippen molar-refractivity contribution >= 4 is 27.2 Å². The fourth-order valence-electron chi connectivity index (χ4n) is 4.26. The van der Waals surface area contributed by atoms with Crippen LogP contribution in [0, 0.1) is 5.92 Å². The number of fused-ring (bicyclic) bond motifs is 1. The average Bonchev–Trinajstić information content (AvgIpc) is 3.17. The first-order valence-corrected chi connectivity index (χ1v) is 13.0. The average molecular weight is 459 g/mol. The fraction of sp³-hybridized carbons (Fsp3) is 0.522. The highest BCUT2D eigenvalue weighted by molar-refractivity contribution is 7.90. The molecule has 0 N–H and O–H groups in total. The van der Waals surface area contributed by atoms with Gasteiger partial charge in [-0.3, -0.25) is 4.79 Å². The van der Waals surface area contributed by atoms with Crippen LogP contribution < -0.4 is 9.64 Å². The van der Waals surface area contributed by atoms with Gasteiger partial charge in [-0.1, -0.05) is 13.8 Å². The van der Waals surface area contributed by atoms with Crippen LogP contribution in [-0.4, -0.2) is 61.2 Å². The van der Waals surface area contributed by atoms with Gasteiger partial charge in [0.05, 0.1) is 4.90 Å². The molecule has 1 amide bonds. The van der Waals surface area contributed by atoms with E-state index in [-0.39, 0.29) is 12.0 Å². The molecule has 0 radical (unpaired) electrons. The zero-order valence-corrected chi connectivity index (χ0v) is 19.6. The van der Waals surface area contributed by atoms with Crippen LogP contribution in [0.4, 0.5) is 11.5 Å². The number of piperidine rings is 1. The molecule has 2 aliphatic rings. The zero-order valence-electron chi connectivity index (χ0n) is 18.8. The maximum Gasteiger partial charge on any atom is 0.222 e. The monoisotopic (exact) mass is 458 g/mol. The molecule has 0 spiro atoms. The Morgan fingerprint density at radius 3 is 2.59 bits per heavy atom. The van der Waals surface area contributed by atoms with Gasteiger partial charge in [-0.25, -0.2) is 18.4 Å². The van der Waals surface area contributed by atoms with Gasteiger partial charge in [0.25, 0.3) is 0 Å². The number of ether oxygens (including phenoxy) is 1. The minimum absolute atomic E-state index is 0.0176. The Morgan fingerprint density at radius 1 is 1.16 bits per heavy atom. The van der Waals surface area contributed by atoms with Crippen LogP contribution in [0.2, 0.25) is 0 Å². The lowest BCUT2D eigenvalue weighted by molar-refractivity contribution is -0.133. The predicted octanol–water partition coefficient (Wildman–Crippen LogP) is 2.99. The van der Waals surface area contributed by atoms with Crippen molar-refractivity contribution < 1.29 is 17.9 Å². The van der Waals surface area contributed by atoms with Crippen LogP contribution >= 0.6 is 0 Å². The third-order valence-corrected chi connectivity index (χ3v) is 7.05. The van der Waals surface area contributed by atoms with Crippen molar-refractivity contribution in [2.45, 2.75) is 50.5 Å². The molecule has 0 atom stereocenters. The number of hydrogen-bond donors (Lipinski definition) is 0. The predicted molar refractivity (Wildman–Crippen MR) is 122 cm³/mol. The number of aromatic nitrogens is 2. The van der Waals surface area contributed by atoms with E-state index in [4.69, 9.17) is 4.74 Å². The van der Waals surface area contributed by atoms with Crippen LogP contribution in [-0.2, 0) is 21.1 Å². The number of amides is 1. The van der Waals surface area contributed by atoms with E-state index in [0.29, 0.717) is 36.2 Å². The van der Waals surface area contributed by atoms with Gasteiger partial charge in [-0.2, -0.15) is 0 Å². The first-order chi connectivity index (χ1) is 15.2. The third-order valence-electron chi connectivity index (χ3n) is 5.94. The molecule has 1 aromatic carbocycles. The van der Waals surface area contributed by atoms with Gasteiger partial charge in [0.1, 0.15) is 18.2 Å². The number of hydrogen-bond acceptors (Lipinski definition) is 7. The van der Waals surface area contributed by atoms with E-state index in [2.05, 4.69) is 28.7 Å². The summed E-state index contributed by atoms with van der Waals surface area (Å²) >= 11 is 0. The highest BCUT2D eigenvalue weighted by atomic mass is 32.2. The molecule has 8 nitrogen and oxygen atoms in total. The van der Waals surface area contributed by atoms with Crippen molar-refractivity contribution in [3.63, 3.8) is 0 Å². The second-order valence-electron chi connectivity index (χ2n) is 8.97. The molecule has 0 aliphatic carbocycles. The molecule has 2 aromatic rings. The lowest BCUT2D eigenvalue weighted by Gasteiger charge is -2.32. The molecule has 9 heteroatoms. The SMILES string of the molecule is CC(C)CC(=O)N1CCC(Oc2cc(N3CCc4cc(S(C)(=O)=O)ccc43)ncn2)CC1. The van der Waals surface area contributed by atoms with Gasteiger partial charge < -0.3 is 14.5 Å². The van der Waals surface area contributed by atoms with Gasteiger partial charge in [-0.05, 0) is 36.1 Å². The Kier molecular flexibility index (Phi) is 6.37. The largest absolute Gasteiger partial charge is 0.474 e. The summed E-state index contributed by atoms with van der Waals surface area (Å²) in [6, 6.07) is 7.05. The maximum absolute atomic E-state index is 12.3. The Hall–Kier alpha value is -2.68. The number of anilines is 2. The lowest BCUT2D eigenvalue weighted by atomic mass is 10.1. The summed E-state index contributed by atoms with van der Waals surface area (Å²) in [5, 5.41) is 0. The summed E-state index contributed by atoms with van der Waals surface area (Å²) in [5.41, 5.74) is 1.95. The molecule has 0 saturated carbocycles. The number of carbonyl (C=O) groups excluding carboxylic acids is 1. The van der Waals surface area contributed by atoms with Crippen molar-refractivity contribution in [2.24, 2.45) is 5.92 Å². The van der Waals surface area contributed by atoms with Crippen LogP contribution in [0.3, 0.4) is 0 Å². The van der Waals surface area contributed by atoms with Gasteiger partial charge in [0, 0.05) is 56.9 Å². The Bertz CT molecular complexity index is 1090. The van der Waals surface area contributed by atoms with E-state index >= 15 is 0 Å². The third kappa shape index (κ3) is 5.03. The van der Waals surface area contributed by atoms with Gasteiger partial charge >= 0.3 is 0 Å². The molecular weight excluding hydrogens is 428 g/mol. The topological polar surface area (TPSA) is 92.7 Å². The summed E-state index contributed by atoms with van der Waals surface area (Å²) in [6.07, 6.45) is 5.64. The molecule has 1 fully saturated rings. The van der Waals surface area contributed by atoms with Crippen molar-refractivity contribution in [3.05, 3.63) is 36.2 Å². The minimum Gasteiger partial charge on any atom is -0.474 e. The standard InChI is InChI=1S/C23H30N4O4S/c1-16(2)12-23(28)26-9-7-18(8-10-26)31-22-14-21(24-15-25-22)27-11-6-17-13-19(32(3,29)30)4-5-20(17)27/h4-5,13-16,18H,6-12H2,1-3H3. The van der Waals surface area contributed by atoms with Crippen molar-refractivity contribution in [1.29, 1.82) is 0 Å². The first-order valence-electron chi connectivity index (χ1n) is 11.1. The summed E-state index contributed by atoms with van der Waals surface area (Å²) < 4.78 is 29.8. The minimum atomic E-state index is -3.23. The molecule has 1 aromatic heterocycles. The zero-order chi connectivity index (χ0) is 22.9. The Labute approximate surface area is 189 Å². The second kappa shape index (κ2) is 9.05. The molecule has 0 unspecified atom stereocenters.